The highest BCUT2D eigenvalue weighted by Crippen LogP contribution is 2.16. The Morgan fingerprint density at radius 3 is 2.10 bits per heavy atom. The predicted molar refractivity (Wildman–Crippen MR) is 117 cm³/mol. The summed E-state index contributed by atoms with van der Waals surface area (Å²) < 4.78 is 5.31. The van der Waals surface area contributed by atoms with Crippen molar-refractivity contribution in [2.24, 2.45) is 5.73 Å². The molecule has 8 nitrogen and oxygen atoms in total. The minimum atomic E-state index is -1.08. The number of nitrogen functional groups attached to an aromatic ring is 1. The average Bonchev–Trinajstić information content (AvgIpc) is 2.72. The molecule has 0 spiro atoms. The lowest BCUT2D eigenvalue weighted by Crippen LogP contribution is -2.41. The van der Waals surface area contributed by atoms with Crippen molar-refractivity contribution < 1.29 is 24.2 Å². The van der Waals surface area contributed by atoms with Crippen molar-refractivity contribution in [3.8, 4) is 5.75 Å². The van der Waals surface area contributed by atoms with E-state index in [1.165, 1.54) is 4.90 Å². The lowest BCUT2D eigenvalue weighted by Gasteiger charge is -2.25. The van der Waals surface area contributed by atoms with Gasteiger partial charge in [-0.2, -0.15) is 0 Å². The number of nitrogens with zero attached hydrogens (tertiary/aromatic N) is 1. The first-order valence-electron chi connectivity index (χ1n) is 9.56. The van der Waals surface area contributed by atoms with E-state index in [1.807, 2.05) is 0 Å². The smallest absolute Gasteiger partial charge is 0.343 e. The second kappa shape index (κ2) is 10.2. The fraction of sp³-hybridized carbons (Fsp3) is 0.217. The van der Waals surface area contributed by atoms with E-state index >= 15 is 0 Å². The second-order valence-electron chi connectivity index (χ2n) is 7.20. The summed E-state index contributed by atoms with van der Waals surface area (Å²) in [5, 5.41) is 16.4. The predicted octanol–water partition coefficient (Wildman–Crippen LogP) is 2.91. The Morgan fingerprint density at radius 2 is 1.61 bits per heavy atom. The number of carboxylic acids is 1. The number of aliphatic carboxylic acids is 1. The third kappa shape index (κ3) is 6.53. The molecule has 0 bridgehead atoms. The number of hydrogen-bond donors (Lipinski definition) is 3. The zero-order valence-corrected chi connectivity index (χ0v) is 17.6. The Bertz CT molecular complexity index is 1010. The quantitative estimate of drug-likeness (QED) is 0.196. The van der Waals surface area contributed by atoms with Gasteiger partial charge in [-0.15, -0.1) is 0 Å². The molecule has 0 radical (unpaired) electrons. The maximum atomic E-state index is 12.6. The molecule has 0 aliphatic carbocycles. The fourth-order valence-electron chi connectivity index (χ4n) is 2.76. The largest absolute Gasteiger partial charge is 0.480 e. The molecule has 0 aliphatic heterocycles. The summed E-state index contributed by atoms with van der Waals surface area (Å²) in [6, 6.07) is 12.5. The van der Waals surface area contributed by atoms with Gasteiger partial charge in [-0.05, 0) is 68.8 Å². The van der Waals surface area contributed by atoms with Crippen LogP contribution >= 0.6 is 0 Å². The first-order chi connectivity index (χ1) is 14.6. The molecule has 0 atom stereocenters. The van der Waals surface area contributed by atoms with E-state index in [4.69, 9.17) is 21.0 Å². The molecule has 0 aromatic heterocycles. The van der Waals surface area contributed by atoms with Crippen LogP contribution in [0.4, 0.5) is 0 Å². The van der Waals surface area contributed by atoms with Gasteiger partial charge in [0.2, 0.25) is 5.91 Å². The van der Waals surface area contributed by atoms with Crippen molar-refractivity contribution in [2.45, 2.75) is 26.8 Å². The van der Waals surface area contributed by atoms with Crippen molar-refractivity contribution in [1.82, 2.24) is 4.90 Å². The summed E-state index contributed by atoms with van der Waals surface area (Å²) in [5.41, 5.74) is 7.32. The van der Waals surface area contributed by atoms with Crippen LogP contribution in [-0.4, -0.2) is 46.3 Å². The van der Waals surface area contributed by atoms with Crippen LogP contribution in [0.15, 0.2) is 54.1 Å². The molecule has 0 heterocycles. The SMILES string of the molecule is C/C(=C\c1ccc(C(=O)Oc2ccc(C(=N)N)cc2)cc1)C(=O)N(CC(=O)O)C(C)C. The van der Waals surface area contributed by atoms with Crippen LogP contribution in [0.1, 0.15) is 42.3 Å². The fourth-order valence-corrected chi connectivity index (χ4v) is 2.76. The normalized spacial score (nSPS) is 11.2. The van der Waals surface area contributed by atoms with E-state index in [0.29, 0.717) is 28.0 Å². The van der Waals surface area contributed by atoms with E-state index in [1.54, 1.807) is 75.4 Å². The Balaban J connectivity index is 2.09. The molecular weight excluding hydrogens is 398 g/mol. The summed E-state index contributed by atoms with van der Waals surface area (Å²) in [7, 11) is 0. The summed E-state index contributed by atoms with van der Waals surface area (Å²) in [4.78, 5) is 37.2. The van der Waals surface area contributed by atoms with Crippen LogP contribution in [0.3, 0.4) is 0 Å². The minimum Gasteiger partial charge on any atom is -0.480 e. The number of esters is 1. The zero-order chi connectivity index (χ0) is 23.1. The van der Waals surface area contributed by atoms with Crippen molar-refractivity contribution in [2.75, 3.05) is 6.54 Å². The van der Waals surface area contributed by atoms with Crippen LogP contribution in [0.5, 0.6) is 5.75 Å². The molecule has 0 saturated heterocycles. The van der Waals surface area contributed by atoms with Gasteiger partial charge in [0.15, 0.2) is 0 Å². The van der Waals surface area contributed by atoms with Gasteiger partial charge in [0, 0.05) is 17.2 Å². The summed E-state index contributed by atoms with van der Waals surface area (Å²) in [6.07, 6.45) is 1.63. The standard InChI is InChI=1S/C23H25N3O5/c1-14(2)26(13-20(27)28)22(29)15(3)12-16-4-6-18(7-5-16)23(30)31-19-10-8-17(9-11-19)21(24)25/h4-12,14H,13H2,1-3H3,(H3,24,25)(H,27,28)/b15-12+. The van der Waals surface area contributed by atoms with Crippen LogP contribution in [0.25, 0.3) is 6.08 Å². The molecule has 2 aromatic carbocycles. The van der Waals surface area contributed by atoms with Crippen LogP contribution in [0.2, 0.25) is 0 Å². The van der Waals surface area contributed by atoms with Crippen molar-refractivity contribution in [3.05, 3.63) is 70.8 Å². The Hall–Kier alpha value is -3.94. The van der Waals surface area contributed by atoms with E-state index in [0.717, 1.165) is 0 Å². The number of hydrogen-bond acceptors (Lipinski definition) is 5. The number of benzene rings is 2. The molecule has 1 amide bonds. The number of carbonyl (C=O) groups excluding carboxylic acids is 2. The maximum absolute atomic E-state index is 12.6. The van der Waals surface area contributed by atoms with Gasteiger partial charge in [-0.25, -0.2) is 4.79 Å². The number of nitrogens with two attached hydrogens (primary N) is 1. The summed E-state index contributed by atoms with van der Waals surface area (Å²) in [6.45, 7) is 4.75. The molecule has 0 unspecified atom stereocenters. The first kappa shape index (κ1) is 23.3. The Kier molecular flexibility index (Phi) is 7.68. The van der Waals surface area contributed by atoms with Crippen molar-refractivity contribution >= 4 is 29.8 Å². The number of amides is 1. The molecular formula is C23H25N3O5. The van der Waals surface area contributed by atoms with Gasteiger partial charge in [0.05, 0.1) is 5.56 Å². The van der Waals surface area contributed by atoms with E-state index in [2.05, 4.69) is 0 Å². The number of carbonyl (C=O) groups is 3. The number of nitrogens with one attached hydrogen (secondary N) is 1. The Labute approximate surface area is 180 Å². The number of ether oxygens (including phenoxy) is 1. The molecule has 2 rings (SSSR count). The number of rotatable bonds is 8. The van der Waals surface area contributed by atoms with Gasteiger partial charge >= 0.3 is 11.9 Å². The molecule has 0 saturated carbocycles. The van der Waals surface area contributed by atoms with Gasteiger partial charge in [0.1, 0.15) is 18.1 Å². The number of amidine groups is 1. The van der Waals surface area contributed by atoms with Gasteiger partial charge in [0.25, 0.3) is 0 Å². The van der Waals surface area contributed by atoms with E-state index < -0.39 is 11.9 Å². The van der Waals surface area contributed by atoms with E-state index in [9.17, 15) is 14.4 Å². The lowest BCUT2D eigenvalue weighted by molar-refractivity contribution is -0.144. The van der Waals surface area contributed by atoms with Gasteiger partial charge in [-0.3, -0.25) is 15.0 Å². The Morgan fingerprint density at radius 1 is 1.06 bits per heavy atom. The van der Waals surface area contributed by atoms with Gasteiger partial charge in [-0.1, -0.05) is 12.1 Å². The molecule has 162 valence electrons. The highest BCUT2D eigenvalue weighted by molar-refractivity contribution is 5.99. The third-order valence-corrected chi connectivity index (χ3v) is 4.43. The van der Waals surface area contributed by atoms with Crippen LogP contribution < -0.4 is 10.5 Å². The molecule has 0 aliphatic rings. The molecule has 0 fully saturated rings. The average molecular weight is 423 g/mol. The van der Waals surface area contributed by atoms with Crippen LogP contribution in [-0.2, 0) is 9.59 Å². The van der Waals surface area contributed by atoms with Crippen molar-refractivity contribution in [1.29, 1.82) is 5.41 Å². The monoisotopic (exact) mass is 423 g/mol. The van der Waals surface area contributed by atoms with Crippen molar-refractivity contribution in [3.63, 3.8) is 0 Å². The number of carboxylic acid groups (broad SMARTS) is 1. The lowest BCUT2D eigenvalue weighted by atomic mass is 10.1. The first-order valence-corrected chi connectivity index (χ1v) is 9.56. The van der Waals surface area contributed by atoms with E-state index in [-0.39, 0.29) is 24.3 Å². The van der Waals surface area contributed by atoms with Gasteiger partial charge < -0.3 is 20.5 Å². The highest BCUT2D eigenvalue weighted by Gasteiger charge is 2.21. The molecule has 31 heavy (non-hydrogen) atoms. The molecule has 8 heteroatoms. The molecule has 4 N–H and O–H groups in total. The maximum Gasteiger partial charge on any atom is 0.343 e. The second-order valence-corrected chi connectivity index (χ2v) is 7.20. The topological polar surface area (TPSA) is 134 Å². The summed E-state index contributed by atoms with van der Waals surface area (Å²) in [5.74, 6) is -1.74. The zero-order valence-electron chi connectivity index (χ0n) is 17.6. The minimum absolute atomic E-state index is 0.0743. The highest BCUT2D eigenvalue weighted by atomic mass is 16.5. The van der Waals surface area contributed by atoms with Crippen LogP contribution in [0, 0.1) is 5.41 Å². The summed E-state index contributed by atoms with van der Waals surface area (Å²) >= 11 is 0. The third-order valence-electron chi connectivity index (χ3n) is 4.43. The molecule has 2 aromatic rings.